The van der Waals surface area contributed by atoms with Gasteiger partial charge in [-0.05, 0) is 44.2 Å². The maximum absolute atomic E-state index is 12.7. The first-order chi connectivity index (χ1) is 15.2. The third-order valence-corrected chi connectivity index (χ3v) is 5.96. The Bertz CT molecular complexity index is 961. The number of carbonyl (C=O) groups is 1. The van der Waals surface area contributed by atoms with Crippen LogP contribution in [0.5, 0.6) is 17.5 Å². The van der Waals surface area contributed by atoms with Gasteiger partial charge in [0.1, 0.15) is 12.4 Å². The van der Waals surface area contributed by atoms with E-state index in [0.717, 1.165) is 36.9 Å². The lowest BCUT2D eigenvalue weighted by molar-refractivity contribution is 0.0201. The van der Waals surface area contributed by atoms with E-state index in [0.29, 0.717) is 24.1 Å². The van der Waals surface area contributed by atoms with Crippen LogP contribution in [0.15, 0.2) is 24.7 Å². The van der Waals surface area contributed by atoms with Gasteiger partial charge in [-0.15, -0.1) is 0 Å². The van der Waals surface area contributed by atoms with Crippen molar-refractivity contribution >= 4 is 6.09 Å². The number of hydrogen-bond acceptors (Lipinski definition) is 7. The van der Waals surface area contributed by atoms with Crippen molar-refractivity contribution in [1.29, 1.82) is 0 Å². The maximum atomic E-state index is 12.7. The summed E-state index contributed by atoms with van der Waals surface area (Å²) in [6, 6.07) is 3.97. The van der Waals surface area contributed by atoms with Crippen molar-refractivity contribution in [2.75, 3.05) is 6.61 Å². The van der Waals surface area contributed by atoms with Crippen molar-refractivity contribution in [3.63, 3.8) is 0 Å². The normalized spacial score (nSPS) is 22.5. The predicted molar refractivity (Wildman–Crippen MR) is 119 cm³/mol. The second kappa shape index (κ2) is 8.92. The molecule has 2 bridgehead atoms. The van der Waals surface area contributed by atoms with Gasteiger partial charge in [0, 0.05) is 31.1 Å². The van der Waals surface area contributed by atoms with E-state index in [1.54, 1.807) is 6.20 Å². The average molecular weight is 441 g/mol. The molecule has 2 aromatic heterocycles. The molecule has 8 heteroatoms. The number of aryl methyl sites for hydroxylation is 1. The molecule has 2 aliphatic heterocycles. The van der Waals surface area contributed by atoms with Crippen molar-refractivity contribution in [3.8, 4) is 17.5 Å². The van der Waals surface area contributed by atoms with Crippen LogP contribution in [0.2, 0.25) is 0 Å². The molecule has 8 nitrogen and oxygen atoms in total. The topological polar surface area (TPSA) is 86.7 Å². The molecule has 0 aliphatic carbocycles. The fourth-order valence-corrected chi connectivity index (χ4v) is 4.35. The highest BCUT2D eigenvalue weighted by atomic mass is 16.6. The van der Waals surface area contributed by atoms with E-state index in [1.807, 2.05) is 30.9 Å². The van der Waals surface area contributed by atoms with E-state index in [4.69, 9.17) is 14.2 Å². The summed E-state index contributed by atoms with van der Waals surface area (Å²) in [5.41, 5.74) is 1.49. The summed E-state index contributed by atoms with van der Waals surface area (Å²) < 4.78 is 17.8. The van der Waals surface area contributed by atoms with E-state index < -0.39 is 0 Å². The SMILES string of the molecule is Cc1ncccc1Oc1ncnc(OC2CC3CCC(C2)N3C(=O)OCC(C)(C)C)c1C. The first-order valence-electron chi connectivity index (χ1n) is 11.2. The highest BCUT2D eigenvalue weighted by molar-refractivity contribution is 5.69. The van der Waals surface area contributed by atoms with Gasteiger partial charge in [0.2, 0.25) is 11.8 Å². The van der Waals surface area contributed by atoms with Crippen LogP contribution in [0.3, 0.4) is 0 Å². The number of piperidine rings is 1. The molecule has 32 heavy (non-hydrogen) atoms. The molecule has 2 unspecified atom stereocenters. The van der Waals surface area contributed by atoms with Crippen molar-refractivity contribution in [2.45, 2.75) is 78.5 Å². The summed E-state index contributed by atoms with van der Waals surface area (Å²) in [4.78, 5) is 27.5. The molecule has 0 aromatic carbocycles. The maximum Gasteiger partial charge on any atom is 0.410 e. The molecule has 172 valence electrons. The fraction of sp³-hybridized carbons (Fsp3) is 0.583. The zero-order chi connectivity index (χ0) is 22.9. The van der Waals surface area contributed by atoms with E-state index in [2.05, 4.69) is 35.7 Å². The smallest absolute Gasteiger partial charge is 0.410 e. The molecule has 0 spiro atoms. The molecule has 2 aliphatic rings. The van der Waals surface area contributed by atoms with Crippen LogP contribution >= 0.6 is 0 Å². The second-order valence-electron chi connectivity index (χ2n) is 9.92. The van der Waals surface area contributed by atoms with Gasteiger partial charge >= 0.3 is 6.09 Å². The number of ether oxygens (including phenoxy) is 3. The zero-order valence-electron chi connectivity index (χ0n) is 19.5. The van der Waals surface area contributed by atoms with E-state index >= 15 is 0 Å². The molecule has 0 N–H and O–H groups in total. The Morgan fingerprint density at radius 1 is 1.09 bits per heavy atom. The minimum atomic E-state index is -0.202. The van der Waals surface area contributed by atoms with Crippen molar-refractivity contribution in [2.24, 2.45) is 5.41 Å². The predicted octanol–water partition coefficient (Wildman–Crippen LogP) is 4.84. The van der Waals surface area contributed by atoms with Crippen LogP contribution < -0.4 is 9.47 Å². The largest absolute Gasteiger partial charge is 0.474 e. The van der Waals surface area contributed by atoms with Gasteiger partial charge in [-0.1, -0.05) is 20.8 Å². The number of nitrogens with zero attached hydrogens (tertiary/aromatic N) is 4. The Morgan fingerprint density at radius 2 is 1.78 bits per heavy atom. The van der Waals surface area contributed by atoms with Crippen molar-refractivity contribution in [3.05, 3.63) is 35.9 Å². The number of aromatic nitrogens is 3. The van der Waals surface area contributed by atoms with Crippen LogP contribution in [0, 0.1) is 19.3 Å². The van der Waals surface area contributed by atoms with E-state index in [-0.39, 0.29) is 29.7 Å². The van der Waals surface area contributed by atoms with Crippen molar-refractivity contribution in [1.82, 2.24) is 19.9 Å². The lowest BCUT2D eigenvalue weighted by Crippen LogP contribution is -2.49. The Kier molecular flexibility index (Phi) is 6.22. The number of rotatable bonds is 5. The van der Waals surface area contributed by atoms with Gasteiger partial charge in [-0.2, -0.15) is 0 Å². The van der Waals surface area contributed by atoms with E-state index in [9.17, 15) is 4.79 Å². The fourth-order valence-electron chi connectivity index (χ4n) is 4.35. The van der Waals surface area contributed by atoms with Gasteiger partial charge < -0.3 is 19.1 Å². The number of fused-ring (bicyclic) bond motifs is 2. The Morgan fingerprint density at radius 3 is 2.44 bits per heavy atom. The summed E-state index contributed by atoms with van der Waals surface area (Å²) in [6.07, 6.45) is 6.46. The first-order valence-corrected chi connectivity index (χ1v) is 11.2. The third-order valence-electron chi connectivity index (χ3n) is 5.96. The average Bonchev–Trinajstić information content (AvgIpc) is 3.01. The molecule has 4 heterocycles. The lowest BCUT2D eigenvalue weighted by atomic mass is 9.98. The second-order valence-corrected chi connectivity index (χ2v) is 9.92. The molecule has 1 amide bonds. The van der Waals surface area contributed by atoms with Gasteiger partial charge in [0.15, 0.2) is 5.75 Å². The summed E-state index contributed by atoms with van der Waals surface area (Å²) in [7, 11) is 0. The van der Waals surface area contributed by atoms with Gasteiger partial charge in [0.25, 0.3) is 0 Å². The van der Waals surface area contributed by atoms with Gasteiger partial charge in [-0.3, -0.25) is 4.98 Å². The summed E-state index contributed by atoms with van der Waals surface area (Å²) in [6.45, 7) is 10.4. The quantitative estimate of drug-likeness (QED) is 0.657. The van der Waals surface area contributed by atoms with Gasteiger partial charge in [-0.25, -0.2) is 14.8 Å². The van der Waals surface area contributed by atoms with Crippen LogP contribution in [0.4, 0.5) is 4.79 Å². The number of pyridine rings is 1. The molecule has 0 radical (unpaired) electrons. The van der Waals surface area contributed by atoms with Crippen LogP contribution in [0.1, 0.15) is 57.7 Å². The van der Waals surface area contributed by atoms with Crippen LogP contribution in [-0.4, -0.2) is 50.7 Å². The molecule has 2 fully saturated rings. The number of amides is 1. The monoisotopic (exact) mass is 440 g/mol. The molecular weight excluding hydrogens is 408 g/mol. The lowest BCUT2D eigenvalue weighted by Gasteiger charge is -2.38. The molecule has 2 aromatic rings. The van der Waals surface area contributed by atoms with Crippen molar-refractivity contribution < 1.29 is 19.0 Å². The highest BCUT2D eigenvalue weighted by Crippen LogP contribution is 2.38. The summed E-state index contributed by atoms with van der Waals surface area (Å²) in [5, 5.41) is 0. The summed E-state index contributed by atoms with van der Waals surface area (Å²) in [5.74, 6) is 1.63. The van der Waals surface area contributed by atoms with Crippen LogP contribution in [0.25, 0.3) is 0 Å². The Labute approximate surface area is 189 Å². The van der Waals surface area contributed by atoms with Crippen LogP contribution in [-0.2, 0) is 4.74 Å². The minimum Gasteiger partial charge on any atom is -0.474 e. The minimum absolute atomic E-state index is 0.0132. The molecule has 2 atom stereocenters. The summed E-state index contributed by atoms with van der Waals surface area (Å²) >= 11 is 0. The number of carbonyl (C=O) groups excluding carboxylic acids is 1. The third kappa shape index (κ3) is 4.95. The first kappa shape index (κ1) is 22.3. The van der Waals surface area contributed by atoms with E-state index in [1.165, 1.54) is 6.33 Å². The molecule has 4 rings (SSSR count). The van der Waals surface area contributed by atoms with Gasteiger partial charge in [0.05, 0.1) is 17.9 Å². The highest BCUT2D eigenvalue weighted by Gasteiger charge is 2.45. The Balaban J connectivity index is 1.41. The molecule has 2 saturated heterocycles. The molecular formula is C24H32N4O4. The molecule has 0 saturated carbocycles. The Hall–Kier alpha value is -2.90. The zero-order valence-corrected chi connectivity index (χ0v) is 19.5. The number of hydrogen-bond donors (Lipinski definition) is 0. The standard InChI is InChI=1S/C24H32N4O4/c1-15-21(26-14-27-22(15)32-20-7-6-10-25-16(20)2)31-19-11-17-8-9-18(12-19)28(17)23(29)30-13-24(3,4)5/h6-7,10,14,17-19H,8-9,11-13H2,1-5H3.